The van der Waals surface area contributed by atoms with E-state index in [1.54, 1.807) is 44.1 Å². The van der Waals surface area contributed by atoms with E-state index in [4.69, 9.17) is 14.2 Å². The molecule has 6 nitrogen and oxygen atoms in total. The minimum absolute atomic E-state index is 0.211. The number of benzene rings is 3. The van der Waals surface area contributed by atoms with Gasteiger partial charge in [-0.05, 0) is 62.2 Å². The highest BCUT2D eigenvalue weighted by molar-refractivity contribution is 6.23. The number of carbonyl (C=O) groups excluding carboxylic acids is 2. The van der Waals surface area contributed by atoms with Crippen LogP contribution >= 0.6 is 0 Å². The molecule has 1 heterocycles. The highest BCUT2D eigenvalue weighted by Crippen LogP contribution is 2.37. The summed E-state index contributed by atoms with van der Waals surface area (Å²) in [4.78, 5) is 28.0. The maximum Gasteiger partial charge on any atom is 0.340 e. The SMILES string of the molecule is CCOC(=O)C1=C(C)N(c2ccc(C)cc2)C(=O)/C1=C\c1ccc(OCc2ccccc2)c(OC)c1. The third-order valence-corrected chi connectivity index (χ3v) is 5.91. The summed E-state index contributed by atoms with van der Waals surface area (Å²) in [5, 5.41) is 0. The number of ether oxygens (including phenoxy) is 3. The number of nitrogens with zero attached hydrogens (tertiary/aromatic N) is 1. The van der Waals surface area contributed by atoms with Crippen molar-refractivity contribution in [2.75, 3.05) is 18.6 Å². The number of allylic oxidation sites excluding steroid dienone is 1. The van der Waals surface area contributed by atoms with E-state index in [1.165, 1.54) is 0 Å². The Hall–Kier alpha value is -4.32. The van der Waals surface area contributed by atoms with Gasteiger partial charge < -0.3 is 14.2 Å². The smallest absolute Gasteiger partial charge is 0.340 e. The second kappa shape index (κ2) is 11.0. The molecule has 0 fully saturated rings. The van der Waals surface area contributed by atoms with Gasteiger partial charge in [0.05, 0.1) is 24.9 Å². The zero-order valence-electron chi connectivity index (χ0n) is 20.9. The molecule has 3 aromatic rings. The van der Waals surface area contributed by atoms with Crippen molar-refractivity contribution in [3.05, 3.63) is 106 Å². The van der Waals surface area contributed by atoms with Crippen LogP contribution in [-0.2, 0) is 20.9 Å². The second-order valence-electron chi connectivity index (χ2n) is 8.40. The summed E-state index contributed by atoms with van der Waals surface area (Å²) in [5.41, 5.74) is 4.56. The molecule has 0 atom stereocenters. The van der Waals surface area contributed by atoms with E-state index in [-0.39, 0.29) is 23.7 Å². The number of hydrogen-bond acceptors (Lipinski definition) is 5. The Balaban J connectivity index is 1.68. The van der Waals surface area contributed by atoms with Crippen LogP contribution in [0.4, 0.5) is 5.69 Å². The number of hydrogen-bond donors (Lipinski definition) is 0. The number of carbonyl (C=O) groups is 2. The van der Waals surface area contributed by atoms with Crippen LogP contribution in [0.25, 0.3) is 6.08 Å². The van der Waals surface area contributed by atoms with Crippen LogP contribution in [0.15, 0.2) is 89.6 Å². The average Bonchev–Trinajstić information content (AvgIpc) is 3.13. The normalized spacial score (nSPS) is 14.4. The Morgan fingerprint density at radius 2 is 1.67 bits per heavy atom. The molecule has 4 rings (SSSR count). The van der Waals surface area contributed by atoms with Gasteiger partial charge in [-0.2, -0.15) is 0 Å². The fourth-order valence-electron chi connectivity index (χ4n) is 4.08. The van der Waals surface area contributed by atoms with Gasteiger partial charge in [-0.25, -0.2) is 4.79 Å². The molecule has 0 bridgehead atoms. The number of anilines is 1. The molecule has 0 saturated carbocycles. The molecule has 0 spiro atoms. The van der Waals surface area contributed by atoms with Crippen LogP contribution in [0.3, 0.4) is 0 Å². The standard InChI is InChI=1S/C30H29NO5/c1-5-35-30(33)28-21(3)31(24-14-11-20(2)12-15-24)29(32)25(28)17-23-13-16-26(27(18-23)34-4)36-19-22-9-7-6-8-10-22/h6-18H,5,19H2,1-4H3/b25-17-. The van der Waals surface area contributed by atoms with E-state index in [0.29, 0.717) is 35.1 Å². The summed E-state index contributed by atoms with van der Waals surface area (Å²) >= 11 is 0. The van der Waals surface area contributed by atoms with Crippen LogP contribution in [-0.4, -0.2) is 25.6 Å². The molecule has 0 unspecified atom stereocenters. The lowest BCUT2D eigenvalue weighted by Gasteiger charge is -2.18. The molecule has 0 radical (unpaired) electrons. The van der Waals surface area contributed by atoms with Crippen molar-refractivity contribution in [1.29, 1.82) is 0 Å². The zero-order chi connectivity index (χ0) is 25.7. The van der Waals surface area contributed by atoms with E-state index in [0.717, 1.165) is 11.1 Å². The Bertz CT molecular complexity index is 1320. The molecule has 0 aliphatic carbocycles. The fourth-order valence-corrected chi connectivity index (χ4v) is 4.08. The van der Waals surface area contributed by atoms with Crippen molar-refractivity contribution in [3.8, 4) is 11.5 Å². The molecule has 184 valence electrons. The van der Waals surface area contributed by atoms with Crippen LogP contribution in [0.5, 0.6) is 11.5 Å². The highest BCUT2D eigenvalue weighted by atomic mass is 16.5. The van der Waals surface area contributed by atoms with Gasteiger partial charge in [0.1, 0.15) is 6.61 Å². The van der Waals surface area contributed by atoms with Crippen LogP contribution in [0.2, 0.25) is 0 Å². The van der Waals surface area contributed by atoms with Crippen LogP contribution < -0.4 is 14.4 Å². The summed E-state index contributed by atoms with van der Waals surface area (Å²) in [6.45, 7) is 6.09. The first-order chi connectivity index (χ1) is 17.4. The average molecular weight is 484 g/mol. The topological polar surface area (TPSA) is 65.1 Å². The van der Waals surface area contributed by atoms with E-state index in [9.17, 15) is 9.59 Å². The minimum atomic E-state index is -0.529. The number of amides is 1. The Labute approximate surface area is 211 Å². The lowest BCUT2D eigenvalue weighted by molar-refractivity contribution is -0.138. The van der Waals surface area contributed by atoms with Gasteiger partial charge in [-0.15, -0.1) is 0 Å². The Morgan fingerprint density at radius 1 is 0.944 bits per heavy atom. The summed E-state index contributed by atoms with van der Waals surface area (Å²) < 4.78 is 16.8. The monoisotopic (exact) mass is 483 g/mol. The first kappa shape index (κ1) is 24.8. The highest BCUT2D eigenvalue weighted by Gasteiger charge is 2.38. The van der Waals surface area contributed by atoms with Gasteiger partial charge in [-0.1, -0.05) is 54.1 Å². The van der Waals surface area contributed by atoms with Gasteiger partial charge in [0.2, 0.25) is 0 Å². The molecule has 6 heteroatoms. The summed E-state index contributed by atoms with van der Waals surface area (Å²) in [7, 11) is 1.57. The van der Waals surface area contributed by atoms with Crippen molar-refractivity contribution in [2.45, 2.75) is 27.4 Å². The first-order valence-electron chi connectivity index (χ1n) is 11.8. The van der Waals surface area contributed by atoms with Gasteiger partial charge in [0.15, 0.2) is 11.5 Å². The predicted molar refractivity (Wildman–Crippen MR) is 140 cm³/mol. The number of methoxy groups -OCH3 is 1. The van der Waals surface area contributed by atoms with Gasteiger partial charge in [0, 0.05) is 11.4 Å². The molecule has 36 heavy (non-hydrogen) atoms. The molecule has 3 aromatic carbocycles. The first-order valence-corrected chi connectivity index (χ1v) is 11.8. The third-order valence-electron chi connectivity index (χ3n) is 5.91. The Kier molecular flexibility index (Phi) is 7.54. The van der Waals surface area contributed by atoms with Crippen molar-refractivity contribution >= 4 is 23.6 Å². The largest absolute Gasteiger partial charge is 0.493 e. The quantitative estimate of drug-likeness (QED) is 0.297. The molecule has 0 saturated heterocycles. The van der Waals surface area contributed by atoms with E-state index < -0.39 is 5.97 Å². The third kappa shape index (κ3) is 5.18. The van der Waals surface area contributed by atoms with Crippen molar-refractivity contribution in [2.24, 2.45) is 0 Å². The lowest BCUT2D eigenvalue weighted by Crippen LogP contribution is -2.24. The van der Waals surface area contributed by atoms with Crippen molar-refractivity contribution < 1.29 is 23.8 Å². The molecule has 1 aliphatic heterocycles. The zero-order valence-corrected chi connectivity index (χ0v) is 20.9. The summed E-state index contributed by atoms with van der Waals surface area (Å²) in [5.74, 6) is 0.293. The van der Waals surface area contributed by atoms with Gasteiger partial charge in [0.25, 0.3) is 5.91 Å². The van der Waals surface area contributed by atoms with Crippen LogP contribution in [0.1, 0.15) is 30.5 Å². The molecule has 1 amide bonds. The van der Waals surface area contributed by atoms with Crippen LogP contribution in [0, 0.1) is 6.92 Å². The van der Waals surface area contributed by atoms with Gasteiger partial charge >= 0.3 is 5.97 Å². The lowest BCUT2D eigenvalue weighted by atomic mass is 10.0. The summed E-state index contributed by atoms with van der Waals surface area (Å²) in [6, 6.07) is 22.9. The number of esters is 1. The number of rotatable bonds is 8. The minimum Gasteiger partial charge on any atom is -0.493 e. The molecule has 1 aliphatic rings. The maximum atomic E-state index is 13.6. The van der Waals surface area contributed by atoms with Crippen molar-refractivity contribution in [1.82, 2.24) is 0 Å². The molecule has 0 aromatic heterocycles. The van der Waals surface area contributed by atoms with Gasteiger partial charge in [-0.3, -0.25) is 9.69 Å². The van der Waals surface area contributed by atoms with Crippen molar-refractivity contribution in [3.63, 3.8) is 0 Å². The summed E-state index contributed by atoms with van der Waals surface area (Å²) in [6.07, 6.45) is 1.69. The predicted octanol–water partition coefficient (Wildman–Crippen LogP) is 5.85. The molecule has 0 N–H and O–H groups in total. The number of aryl methyl sites for hydroxylation is 1. The molecular weight excluding hydrogens is 454 g/mol. The maximum absolute atomic E-state index is 13.6. The Morgan fingerprint density at radius 3 is 2.33 bits per heavy atom. The van der Waals surface area contributed by atoms with E-state index in [2.05, 4.69) is 0 Å². The fraction of sp³-hybridized carbons (Fsp3) is 0.200. The van der Waals surface area contributed by atoms with E-state index >= 15 is 0 Å². The molecular formula is C30H29NO5. The van der Waals surface area contributed by atoms with E-state index in [1.807, 2.05) is 67.6 Å². The second-order valence-corrected chi connectivity index (χ2v) is 8.40.